The van der Waals surface area contributed by atoms with Crippen LogP contribution in [-0.4, -0.2) is 9.97 Å². The molecule has 3 aromatic rings. The van der Waals surface area contributed by atoms with E-state index in [1.165, 1.54) is 0 Å². The minimum atomic E-state index is 0.519. The van der Waals surface area contributed by atoms with Crippen LogP contribution >= 0.6 is 34.3 Å². The molecular weight excluding hydrogens is 286 g/mol. The second kappa shape index (κ2) is 4.84. The molecule has 0 aromatic carbocycles. The molecule has 0 aliphatic heterocycles. The number of aryl methyl sites for hydroxylation is 1. The first-order chi connectivity index (χ1) is 8.74. The average molecular weight is 296 g/mol. The van der Waals surface area contributed by atoms with Crippen molar-refractivity contribution < 1.29 is 0 Å². The van der Waals surface area contributed by atoms with E-state index in [-0.39, 0.29) is 0 Å². The summed E-state index contributed by atoms with van der Waals surface area (Å²) in [6, 6.07) is 1.87. The van der Waals surface area contributed by atoms with Gasteiger partial charge in [0.2, 0.25) is 0 Å². The highest BCUT2D eigenvalue weighted by Crippen LogP contribution is 2.32. The Hall–Kier alpha value is -1.17. The number of hydrogen-bond acceptors (Lipinski definition) is 5. The van der Waals surface area contributed by atoms with Crippen LogP contribution in [0.25, 0.3) is 10.2 Å². The van der Waals surface area contributed by atoms with Crippen LogP contribution in [0.15, 0.2) is 23.0 Å². The molecule has 0 atom stereocenters. The van der Waals surface area contributed by atoms with E-state index in [4.69, 9.17) is 11.6 Å². The molecule has 0 aliphatic carbocycles. The molecule has 0 spiro atoms. The summed E-state index contributed by atoms with van der Waals surface area (Å²) in [5.41, 5.74) is 3.17. The first-order valence-corrected chi connectivity index (χ1v) is 7.54. The minimum absolute atomic E-state index is 0.519. The summed E-state index contributed by atoms with van der Waals surface area (Å²) in [5, 5.41) is 9.03. The molecule has 0 fully saturated rings. The molecule has 0 unspecified atom stereocenters. The second-order valence-electron chi connectivity index (χ2n) is 3.87. The van der Waals surface area contributed by atoms with Crippen LogP contribution < -0.4 is 5.32 Å². The summed E-state index contributed by atoms with van der Waals surface area (Å²) in [6.45, 7) is 2.76. The van der Waals surface area contributed by atoms with Gasteiger partial charge in [-0.2, -0.15) is 0 Å². The van der Waals surface area contributed by atoms with E-state index in [9.17, 15) is 0 Å². The highest BCUT2D eigenvalue weighted by molar-refractivity contribution is 7.18. The van der Waals surface area contributed by atoms with Gasteiger partial charge < -0.3 is 5.32 Å². The standard InChI is InChI=1S/C12H10ClN3S2/c1-7-6-18-12-8(4-9(13)16-11(7)12)15-5-10-14-2-3-17-10/h2-4,6H,5H2,1H3,(H,15,16). The predicted molar refractivity (Wildman–Crippen MR) is 78.8 cm³/mol. The van der Waals surface area contributed by atoms with Crippen LogP contribution in [0.3, 0.4) is 0 Å². The van der Waals surface area contributed by atoms with Gasteiger partial charge in [0.25, 0.3) is 0 Å². The molecule has 6 heteroatoms. The summed E-state index contributed by atoms with van der Waals surface area (Å²) in [6.07, 6.45) is 1.81. The molecule has 0 amide bonds. The smallest absolute Gasteiger partial charge is 0.131 e. The van der Waals surface area contributed by atoms with Gasteiger partial charge in [0.15, 0.2) is 0 Å². The summed E-state index contributed by atoms with van der Waals surface area (Å²) < 4.78 is 1.15. The van der Waals surface area contributed by atoms with E-state index < -0.39 is 0 Å². The van der Waals surface area contributed by atoms with Crippen molar-refractivity contribution in [2.45, 2.75) is 13.5 Å². The van der Waals surface area contributed by atoms with Gasteiger partial charge in [0.1, 0.15) is 10.2 Å². The zero-order valence-electron chi connectivity index (χ0n) is 9.61. The highest BCUT2D eigenvalue weighted by atomic mass is 35.5. The Balaban J connectivity index is 1.95. The van der Waals surface area contributed by atoms with E-state index in [0.29, 0.717) is 11.7 Å². The number of anilines is 1. The molecule has 3 heterocycles. The highest BCUT2D eigenvalue weighted by Gasteiger charge is 2.09. The number of fused-ring (bicyclic) bond motifs is 1. The molecule has 0 bridgehead atoms. The van der Waals surface area contributed by atoms with Crippen molar-refractivity contribution in [2.75, 3.05) is 5.32 Å². The maximum atomic E-state index is 6.05. The summed E-state index contributed by atoms with van der Waals surface area (Å²) in [5.74, 6) is 0. The van der Waals surface area contributed by atoms with Crippen LogP contribution in [0.2, 0.25) is 5.15 Å². The van der Waals surface area contributed by atoms with Crippen molar-refractivity contribution in [3.05, 3.63) is 38.7 Å². The van der Waals surface area contributed by atoms with Gasteiger partial charge in [0.05, 0.1) is 22.4 Å². The lowest BCUT2D eigenvalue weighted by Crippen LogP contribution is -1.99. The first-order valence-electron chi connectivity index (χ1n) is 5.40. The second-order valence-corrected chi connectivity index (χ2v) is 6.11. The average Bonchev–Trinajstić information content (AvgIpc) is 2.97. The van der Waals surface area contributed by atoms with E-state index in [1.54, 1.807) is 22.7 Å². The lowest BCUT2D eigenvalue weighted by Gasteiger charge is -2.06. The van der Waals surface area contributed by atoms with Gasteiger partial charge in [-0.3, -0.25) is 0 Å². The molecule has 1 N–H and O–H groups in total. The Morgan fingerprint density at radius 2 is 2.28 bits per heavy atom. The number of thiazole rings is 1. The molecule has 92 valence electrons. The Labute approximate surface area is 117 Å². The van der Waals surface area contributed by atoms with Crippen LogP contribution in [0, 0.1) is 6.92 Å². The molecule has 0 aliphatic rings. The lowest BCUT2D eigenvalue weighted by atomic mass is 10.3. The summed E-state index contributed by atoms with van der Waals surface area (Å²) >= 11 is 9.38. The van der Waals surface area contributed by atoms with Crippen molar-refractivity contribution in [3.8, 4) is 0 Å². The molecule has 3 aromatic heterocycles. The number of rotatable bonds is 3. The third-order valence-electron chi connectivity index (χ3n) is 2.58. The Morgan fingerprint density at radius 1 is 1.39 bits per heavy atom. The Bertz CT molecular complexity index is 676. The normalized spacial score (nSPS) is 11.0. The quantitative estimate of drug-likeness (QED) is 0.731. The third-order valence-corrected chi connectivity index (χ3v) is 4.68. The zero-order chi connectivity index (χ0) is 12.5. The number of nitrogens with one attached hydrogen (secondary N) is 1. The van der Waals surface area contributed by atoms with Crippen molar-refractivity contribution in [1.82, 2.24) is 9.97 Å². The van der Waals surface area contributed by atoms with Crippen LogP contribution in [0.5, 0.6) is 0 Å². The Morgan fingerprint density at radius 3 is 3.06 bits per heavy atom. The van der Waals surface area contributed by atoms with E-state index >= 15 is 0 Å². The summed E-state index contributed by atoms with van der Waals surface area (Å²) in [7, 11) is 0. The third kappa shape index (κ3) is 2.21. The monoisotopic (exact) mass is 295 g/mol. The van der Waals surface area contributed by atoms with Crippen molar-refractivity contribution >= 4 is 50.2 Å². The molecule has 3 nitrogen and oxygen atoms in total. The van der Waals surface area contributed by atoms with Crippen LogP contribution in [0.1, 0.15) is 10.6 Å². The fraction of sp³-hybridized carbons (Fsp3) is 0.167. The molecule has 3 rings (SSSR count). The molecule has 18 heavy (non-hydrogen) atoms. The van der Waals surface area contributed by atoms with Crippen LogP contribution in [0.4, 0.5) is 5.69 Å². The zero-order valence-corrected chi connectivity index (χ0v) is 12.0. The summed E-state index contributed by atoms with van der Waals surface area (Å²) in [4.78, 5) is 8.61. The lowest BCUT2D eigenvalue weighted by molar-refractivity contribution is 1.11. The fourth-order valence-electron chi connectivity index (χ4n) is 1.73. The number of halogens is 1. The van der Waals surface area contributed by atoms with Gasteiger partial charge in [-0.25, -0.2) is 9.97 Å². The number of nitrogens with zero attached hydrogens (tertiary/aromatic N) is 2. The molecular formula is C12H10ClN3S2. The Kier molecular flexibility index (Phi) is 3.20. The number of aromatic nitrogens is 2. The van der Waals surface area contributed by atoms with Gasteiger partial charge >= 0.3 is 0 Å². The van der Waals surface area contributed by atoms with E-state index in [1.807, 2.05) is 24.6 Å². The van der Waals surface area contributed by atoms with E-state index in [2.05, 4.69) is 20.7 Å². The van der Waals surface area contributed by atoms with E-state index in [0.717, 1.165) is 26.5 Å². The fourth-order valence-corrected chi connectivity index (χ4v) is 3.47. The molecule has 0 radical (unpaired) electrons. The van der Waals surface area contributed by atoms with Gasteiger partial charge in [-0.15, -0.1) is 22.7 Å². The molecule has 0 saturated carbocycles. The van der Waals surface area contributed by atoms with Crippen molar-refractivity contribution in [2.24, 2.45) is 0 Å². The first kappa shape index (κ1) is 11.9. The maximum Gasteiger partial charge on any atom is 0.131 e. The number of pyridine rings is 1. The van der Waals surface area contributed by atoms with Crippen molar-refractivity contribution in [1.29, 1.82) is 0 Å². The number of hydrogen-bond donors (Lipinski definition) is 1. The molecule has 0 saturated heterocycles. The van der Waals surface area contributed by atoms with Gasteiger partial charge in [0, 0.05) is 17.6 Å². The van der Waals surface area contributed by atoms with Crippen molar-refractivity contribution in [3.63, 3.8) is 0 Å². The SMILES string of the molecule is Cc1csc2c(NCc3nccs3)cc(Cl)nc12. The predicted octanol–water partition coefficient (Wildman–Crippen LogP) is 4.33. The van der Waals surface area contributed by atoms with Gasteiger partial charge in [-0.1, -0.05) is 11.6 Å². The maximum absolute atomic E-state index is 6.05. The number of thiophene rings is 1. The minimum Gasteiger partial charge on any atom is -0.377 e. The van der Waals surface area contributed by atoms with Crippen LogP contribution in [-0.2, 0) is 6.54 Å². The van der Waals surface area contributed by atoms with Gasteiger partial charge in [-0.05, 0) is 17.9 Å². The largest absolute Gasteiger partial charge is 0.377 e. The topological polar surface area (TPSA) is 37.8 Å².